The lowest BCUT2D eigenvalue weighted by molar-refractivity contribution is -0.111. The smallest absolute Gasteiger partial charge is 0.0675 e. The van der Waals surface area contributed by atoms with Crippen molar-refractivity contribution >= 4 is 0 Å². The van der Waals surface area contributed by atoms with Gasteiger partial charge in [0, 0.05) is 24.7 Å². The Labute approximate surface area is 112 Å². The highest BCUT2D eigenvalue weighted by Crippen LogP contribution is 2.39. The molecule has 1 heterocycles. The zero-order valence-electron chi connectivity index (χ0n) is 12.3. The van der Waals surface area contributed by atoms with Crippen LogP contribution in [0.1, 0.15) is 52.9 Å². The van der Waals surface area contributed by atoms with Gasteiger partial charge in [-0.2, -0.15) is 0 Å². The Hall–Kier alpha value is -0.120. The Balaban J connectivity index is 2.17. The summed E-state index contributed by atoms with van der Waals surface area (Å²) >= 11 is 0. The van der Waals surface area contributed by atoms with Gasteiger partial charge in [-0.05, 0) is 32.1 Å². The first-order chi connectivity index (χ1) is 8.61. The molecule has 0 bridgehead atoms. The quantitative estimate of drug-likeness (QED) is 0.840. The maximum Gasteiger partial charge on any atom is 0.0675 e. The van der Waals surface area contributed by atoms with E-state index in [2.05, 4.69) is 25.7 Å². The molecule has 0 radical (unpaired) electrons. The van der Waals surface area contributed by atoms with Crippen LogP contribution in [0, 0.1) is 5.92 Å². The number of hydrogen-bond acceptors (Lipinski definition) is 3. The van der Waals surface area contributed by atoms with Gasteiger partial charge in [-0.25, -0.2) is 0 Å². The van der Waals surface area contributed by atoms with E-state index in [1.54, 1.807) is 0 Å². The fourth-order valence-corrected chi connectivity index (χ4v) is 3.96. The molecule has 4 atom stereocenters. The van der Waals surface area contributed by atoms with Gasteiger partial charge < -0.3 is 10.5 Å². The lowest BCUT2D eigenvalue weighted by atomic mass is 9.74. The lowest BCUT2D eigenvalue weighted by Crippen LogP contribution is -2.64. The van der Waals surface area contributed by atoms with Crippen molar-refractivity contribution in [1.82, 2.24) is 4.90 Å². The van der Waals surface area contributed by atoms with Crippen molar-refractivity contribution in [2.24, 2.45) is 11.7 Å². The van der Waals surface area contributed by atoms with Gasteiger partial charge in [-0.3, -0.25) is 4.90 Å². The van der Waals surface area contributed by atoms with E-state index in [1.807, 2.05) is 0 Å². The molecule has 4 unspecified atom stereocenters. The number of hydrogen-bond donors (Lipinski definition) is 1. The maximum atomic E-state index is 6.21. The highest BCUT2D eigenvalue weighted by atomic mass is 16.5. The van der Waals surface area contributed by atoms with Gasteiger partial charge in [0.05, 0.1) is 12.7 Å². The Morgan fingerprint density at radius 2 is 2.17 bits per heavy atom. The van der Waals surface area contributed by atoms with Gasteiger partial charge in [-0.15, -0.1) is 0 Å². The van der Waals surface area contributed by atoms with E-state index in [4.69, 9.17) is 10.5 Å². The largest absolute Gasteiger partial charge is 0.376 e. The summed E-state index contributed by atoms with van der Waals surface area (Å²) in [5, 5.41) is 0. The number of ether oxygens (including phenoxy) is 1. The summed E-state index contributed by atoms with van der Waals surface area (Å²) in [4.78, 5) is 2.71. The van der Waals surface area contributed by atoms with Crippen molar-refractivity contribution in [1.29, 1.82) is 0 Å². The van der Waals surface area contributed by atoms with Crippen molar-refractivity contribution in [2.45, 2.75) is 70.6 Å². The van der Waals surface area contributed by atoms with Crippen molar-refractivity contribution in [2.75, 3.05) is 19.7 Å². The lowest BCUT2D eigenvalue weighted by Gasteiger charge is -2.53. The summed E-state index contributed by atoms with van der Waals surface area (Å²) in [6.45, 7) is 9.59. The molecular weight excluding hydrogens is 224 g/mol. The molecule has 1 saturated heterocycles. The molecule has 2 fully saturated rings. The molecular formula is C15H30N2O. The van der Waals surface area contributed by atoms with Crippen molar-refractivity contribution < 1.29 is 4.74 Å². The van der Waals surface area contributed by atoms with Crippen molar-refractivity contribution in [3.05, 3.63) is 0 Å². The third-order valence-corrected chi connectivity index (χ3v) is 5.00. The second-order valence-corrected chi connectivity index (χ2v) is 6.49. The molecule has 2 N–H and O–H groups in total. The van der Waals surface area contributed by atoms with Gasteiger partial charge in [0.1, 0.15) is 0 Å². The van der Waals surface area contributed by atoms with Crippen LogP contribution in [-0.2, 0) is 4.74 Å². The standard InChI is InChI=1S/C15H30N2O/c1-4-14-10-18-13(3)9-17(14)15(11-16)7-5-6-12(2)8-15/h12-14H,4-11,16H2,1-3H3. The van der Waals surface area contributed by atoms with Crippen LogP contribution in [0.4, 0.5) is 0 Å². The van der Waals surface area contributed by atoms with Crippen LogP contribution >= 0.6 is 0 Å². The number of nitrogens with zero attached hydrogens (tertiary/aromatic N) is 1. The Morgan fingerprint density at radius 3 is 2.78 bits per heavy atom. The predicted molar refractivity (Wildman–Crippen MR) is 75.6 cm³/mol. The van der Waals surface area contributed by atoms with Gasteiger partial charge in [0.25, 0.3) is 0 Å². The number of rotatable bonds is 3. The monoisotopic (exact) mass is 254 g/mol. The highest BCUT2D eigenvalue weighted by molar-refractivity contribution is 4.99. The molecule has 3 nitrogen and oxygen atoms in total. The zero-order chi connectivity index (χ0) is 13.2. The van der Waals surface area contributed by atoms with Gasteiger partial charge >= 0.3 is 0 Å². The van der Waals surface area contributed by atoms with Gasteiger partial charge in [0.2, 0.25) is 0 Å². The topological polar surface area (TPSA) is 38.5 Å². The summed E-state index contributed by atoms with van der Waals surface area (Å²) in [7, 11) is 0. The van der Waals surface area contributed by atoms with Crippen LogP contribution in [0.2, 0.25) is 0 Å². The van der Waals surface area contributed by atoms with E-state index < -0.39 is 0 Å². The van der Waals surface area contributed by atoms with Crippen LogP contribution < -0.4 is 5.73 Å². The summed E-state index contributed by atoms with van der Waals surface area (Å²) < 4.78 is 5.84. The molecule has 1 saturated carbocycles. The molecule has 0 aromatic carbocycles. The third-order valence-electron chi connectivity index (χ3n) is 5.00. The molecule has 18 heavy (non-hydrogen) atoms. The molecule has 0 amide bonds. The summed E-state index contributed by atoms with van der Waals surface area (Å²) in [5.41, 5.74) is 6.46. The number of nitrogens with two attached hydrogens (primary N) is 1. The minimum atomic E-state index is 0.246. The first-order valence-corrected chi connectivity index (χ1v) is 7.69. The van der Waals surface area contributed by atoms with E-state index in [1.165, 1.54) is 32.1 Å². The van der Waals surface area contributed by atoms with E-state index in [-0.39, 0.29) is 5.54 Å². The average molecular weight is 254 g/mol. The molecule has 2 rings (SSSR count). The van der Waals surface area contributed by atoms with Crippen molar-refractivity contribution in [3.8, 4) is 0 Å². The fraction of sp³-hybridized carbons (Fsp3) is 1.00. The Morgan fingerprint density at radius 1 is 1.39 bits per heavy atom. The second-order valence-electron chi connectivity index (χ2n) is 6.49. The molecule has 1 aliphatic carbocycles. The third kappa shape index (κ3) is 2.73. The van der Waals surface area contributed by atoms with E-state index in [0.717, 1.165) is 25.6 Å². The summed E-state index contributed by atoms with van der Waals surface area (Å²) in [5.74, 6) is 0.818. The minimum Gasteiger partial charge on any atom is -0.376 e. The van der Waals surface area contributed by atoms with Crippen LogP contribution in [0.15, 0.2) is 0 Å². The molecule has 3 heteroatoms. The van der Waals surface area contributed by atoms with Crippen LogP contribution in [0.25, 0.3) is 0 Å². The molecule has 0 spiro atoms. The first kappa shape index (κ1) is 14.3. The van der Waals surface area contributed by atoms with Crippen molar-refractivity contribution in [3.63, 3.8) is 0 Å². The minimum absolute atomic E-state index is 0.246. The van der Waals surface area contributed by atoms with E-state index in [0.29, 0.717) is 12.1 Å². The fourth-order valence-electron chi connectivity index (χ4n) is 3.96. The molecule has 1 aliphatic heterocycles. The molecule has 0 aromatic heterocycles. The van der Waals surface area contributed by atoms with Gasteiger partial charge in [-0.1, -0.05) is 26.7 Å². The SMILES string of the molecule is CCC1COC(C)CN1C1(CN)CCCC(C)C1. The average Bonchev–Trinajstić information content (AvgIpc) is 2.38. The highest BCUT2D eigenvalue weighted by Gasteiger charge is 2.43. The Bertz CT molecular complexity index is 271. The normalized spacial score (nSPS) is 43.0. The molecule has 2 aliphatic rings. The van der Waals surface area contributed by atoms with E-state index >= 15 is 0 Å². The van der Waals surface area contributed by atoms with Crippen LogP contribution in [0.5, 0.6) is 0 Å². The van der Waals surface area contributed by atoms with Crippen LogP contribution in [0.3, 0.4) is 0 Å². The zero-order valence-corrected chi connectivity index (χ0v) is 12.3. The molecule has 106 valence electrons. The van der Waals surface area contributed by atoms with Crippen LogP contribution in [-0.4, -0.2) is 42.3 Å². The summed E-state index contributed by atoms with van der Waals surface area (Å²) in [6.07, 6.45) is 6.78. The Kier molecular flexibility index (Phi) is 4.68. The number of morpholine rings is 1. The summed E-state index contributed by atoms with van der Waals surface area (Å²) in [6, 6.07) is 0.565. The maximum absolute atomic E-state index is 6.21. The van der Waals surface area contributed by atoms with Gasteiger partial charge in [0.15, 0.2) is 0 Å². The second kappa shape index (κ2) is 5.89. The molecule has 0 aromatic rings. The predicted octanol–water partition coefficient (Wildman–Crippen LogP) is 2.39. The first-order valence-electron chi connectivity index (χ1n) is 7.69. The van der Waals surface area contributed by atoms with E-state index in [9.17, 15) is 0 Å².